The van der Waals surface area contributed by atoms with Crippen LogP contribution in [-0.2, 0) is 15.8 Å². The first kappa shape index (κ1) is 23.8. The van der Waals surface area contributed by atoms with Crippen LogP contribution >= 0.6 is 0 Å². The van der Waals surface area contributed by atoms with Gasteiger partial charge in [-0.15, -0.1) is 0 Å². The highest BCUT2D eigenvalue weighted by atomic mass is 19.4. The highest BCUT2D eigenvalue weighted by Crippen LogP contribution is 2.44. The van der Waals surface area contributed by atoms with E-state index in [9.17, 15) is 37.4 Å². The fourth-order valence-corrected chi connectivity index (χ4v) is 3.93. The number of aliphatic hydroxyl groups excluding tert-OH is 1. The van der Waals surface area contributed by atoms with Crippen LogP contribution in [0.4, 0.5) is 23.2 Å². The van der Waals surface area contributed by atoms with E-state index in [0.717, 1.165) is 41.3 Å². The van der Waals surface area contributed by atoms with E-state index < -0.39 is 46.6 Å². The van der Waals surface area contributed by atoms with Gasteiger partial charge in [0.2, 0.25) is 0 Å². The van der Waals surface area contributed by atoms with E-state index in [4.69, 9.17) is 4.74 Å². The number of alkyl halides is 3. The van der Waals surface area contributed by atoms with Gasteiger partial charge < -0.3 is 14.9 Å². The number of amides is 1. The highest BCUT2D eigenvalue weighted by Gasteiger charge is 2.47. The number of hydrogen-bond donors (Lipinski definition) is 2. The first-order chi connectivity index (χ1) is 16.5. The Hall–Kier alpha value is -4.34. The fourth-order valence-electron chi connectivity index (χ4n) is 3.93. The van der Waals surface area contributed by atoms with Crippen LogP contribution < -0.4 is 9.64 Å². The van der Waals surface area contributed by atoms with Gasteiger partial charge in [0.25, 0.3) is 11.7 Å². The smallest absolute Gasteiger partial charge is 0.416 e. The van der Waals surface area contributed by atoms with E-state index in [-0.39, 0.29) is 28.3 Å². The van der Waals surface area contributed by atoms with E-state index in [1.165, 1.54) is 37.4 Å². The number of Topliss-reactive ketones (excluding diaryl/α,β-unsaturated/α-hetero) is 1. The molecule has 0 saturated carbocycles. The molecular formula is C25H17F4NO5. The predicted molar refractivity (Wildman–Crippen MR) is 117 cm³/mol. The molecule has 1 aliphatic heterocycles. The van der Waals surface area contributed by atoms with Crippen molar-refractivity contribution in [2.24, 2.45) is 0 Å². The lowest BCUT2D eigenvalue weighted by Crippen LogP contribution is -2.29. The minimum absolute atomic E-state index is 0.0132. The lowest BCUT2D eigenvalue weighted by atomic mass is 9.94. The molecule has 0 aliphatic carbocycles. The molecule has 6 nitrogen and oxygen atoms in total. The molecule has 0 aromatic heterocycles. The molecule has 1 saturated heterocycles. The van der Waals surface area contributed by atoms with Crippen LogP contribution in [0, 0.1) is 5.82 Å². The SMILES string of the molecule is COc1ccc(F)cc1/C(O)=C1\C(=O)C(=O)N(c2ccc(C(F)(F)F)cc2)C1c1cccc(O)c1. The Balaban J connectivity index is 1.95. The molecule has 1 fully saturated rings. The number of rotatable bonds is 4. The summed E-state index contributed by atoms with van der Waals surface area (Å²) in [4.78, 5) is 27.1. The summed E-state index contributed by atoms with van der Waals surface area (Å²) < 4.78 is 58.2. The molecule has 2 N–H and O–H groups in total. The van der Waals surface area contributed by atoms with Crippen LogP contribution in [0.25, 0.3) is 5.76 Å². The number of ketones is 1. The van der Waals surface area contributed by atoms with Crippen molar-refractivity contribution in [3.63, 3.8) is 0 Å². The molecule has 4 rings (SSSR count). The van der Waals surface area contributed by atoms with Gasteiger partial charge in [-0.25, -0.2) is 4.39 Å². The third kappa shape index (κ3) is 4.30. The summed E-state index contributed by atoms with van der Waals surface area (Å²) in [6.07, 6.45) is -4.62. The number of hydrogen-bond acceptors (Lipinski definition) is 5. The summed E-state index contributed by atoms with van der Waals surface area (Å²) in [5.74, 6) is -3.99. The molecule has 0 bridgehead atoms. The second kappa shape index (κ2) is 8.79. The first-order valence-electron chi connectivity index (χ1n) is 10.1. The van der Waals surface area contributed by atoms with Gasteiger partial charge in [-0.05, 0) is 60.2 Å². The molecule has 3 aromatic rings. The summed E-state index contributed by atoms with van der Waals surface area (Å²) in [5, 5.41) is 21.1. The third-order valence-corrected chi connectivity index (χ3v) is 5.52. The minimum Gasteiger partial charge on any atom is -0.508 e. The summed E-state index contributed by atoms with van der Waals surface area (Å²) in [5.41, 5.74) is -1.50. The zero-order valence-corrected chi connectivity index (χ0v) is 18.0. The Bertz CT molecular complexity index is 1350. The normalized spacial score (nSPS) is 17.6. The summed E-state index contributed by atoms with van der Waals surface area (Å²) >= 11 is 0. The molecular weight excluding hydrogens is 470 g/mol. The third-order valence-electron chi connectivity index (χ3n) is 5.52. The van der Waals surface area contributed by atoms with Gasteiger partial charge in [0.05, 0.1) is 29.9 Å². The number of carbonyl (C=O) groups is 2. The second-order valence-corrected chi connectivity index (χ2v) is 7.65. The molecule has 180 valence electrons. The van der Waals surface area contributed by atoms with Gasteiger partial charge in [0, 0.05) is 5.69 Å². The lowest BCUT2D eigenvalue weighted by Gasteiger charge is -2.26. The quantitative estimate of drug-likeness (QED) is 0.229. The highest BCUT2D eigenvalue weighted by molar-refractivity contribution is 6.51. The van der Waals surface area contributed by atoms with Crippen LogP contribution in [-0.4, -0.2) is 29.0 Å². The maximum atomic E-state index is 14.0. The van der Waals surface area contributed by atoms with Crippen molar-refractivity contribution in [2.45, 2.75) is 12.2 Å². The number of phenolic OH excluding ortho intramolecular Hbond substituents is 1. The van der Waals surface area contributed by atoms with Crippen molar-refractivity contribution in [2.75, 3.05) is 12.0 Å². The molecule has 1 amide bonds. The standard InChI is InChI=1S/C25H17F4NO5/c1-35-19-10-7-15(26)12-18(19)22(32)20-21(13-3-2-4-17(31)11-13)30(24(34)23(20)33)16-8-5-14(6-9-16)25(27,28)29/h2-12,21,31-32H,1H3/b22-20+. The topological polar surface area (TPSA) is 87.1 Å². The lowest BCUT2D eigenvalue weighted by molar-refractivity contribution is -0.137. The average molecular weight is 487 g/mol. The molecule has 0 spiro atoms. The van der Waals surface area contributed by atoms with Crippen LogP contribution in [0.5, 0.6) is 11.5 Å². The summed E-state index contributed by atoms with van der Waals surface area (Å²) in [6.45, 7) is 0. The van der Waals surface area contributed by atoms with Gasteiger partial charge in [0.15, 0.2) is 0 Å². The monoisotopic (exact) mass is 487 g/mol. The first-order valence-corrected chi connectivity index (χ1v) is 10.1. The van der Waals surface area contributed by atoms with E-state index in [1.54, 1.807) is 0 Å². The Morgan fingerprint density at radius 2 is 1.69 bits per heavy atom. The molecule has 1 aliphatic rings. The fraction of sp³-hybridized carbons (Fsp3) is 0.120. The Morgan fingerprint density at radius 1 is 1.00 bits per heavy atom. The van der Waals surface area contributed by atoms with Crippen LogP contribution in [0.1, 0.15) is 22.7 Å². The zero-order valence-electron chi connectivity index (χ0n) is 18.0. The van der Waals surface area contributed by atoms with Crippen molar-refractivity contribution in [3.8, 4) is 11.5 Å². The maximum absolute atomic E-state index is 14.0. The number of aromatic hydroxyl groups is 1. The summed E-state index contributed by atoms with van der Waals surface area (Å²) in [6, 6.07) is 10.9. The molecule has 0 radical (unpaired) electrons. The minimum atomic E-state index is -4.62. The molecule has 1 unspecified atom stereocenters. The largest absolute Gasteiger partial charge is 0.508 e. The van der Waals surface area contributed by atoms with E-state index in [2.05, 4.69) is 0 Å². The Kier molecular flexibility index (Phi) is 5.98. The number of carbonyl (C=O) groups excluding carboxylic acids is 2. The average Bonchev–Trinajstić information content (AvgIpc) is 3.08. The van der Waals surface area contributed by atoms with Crippen molar-refractivity contribution in [3.05, 3.63) is 94.8 Å². The van der Waals surface area contributed by atoms with Crippen molar-refractivity contribution < 1.29 is 42.1 Å². The molecule has 1 atom stereocenters. The number of methoxy groups -OCH3 is 1. The number of benzene rings is 3. The van der Waals surface area contributed by atoms with Gasteiger partial charge >= 0.3 is 6.18 Å². The van der Waals surface area contributed by atoms with Crippen molar-refractivity contribution >= 4 is 23.1 Å². The van der Waals surface area contributed by atoms with E-state index in [0.29, 0.717) is 0 Å². The van der Waals surface area contributed by atoms with Crippen LogP contribution in [0.15, 0.2) is 72.3 Å². The number of phenols is 1. The van der Waals surface area contributed by atoms with Crippen LogP contribution in [0.2, 0.25) is 0 Å². The van der Waals surface area contributed by atoms with Gasteiger partial charge in [-0.1, -0.05) is 12.1 Å². The van der Waals surface area contributed by atoms with Gasteiger partial charge in [-0.3, -0.25) is 14.5 Å². The van der Waals surface area contributed by atoms with E-state index in [1.807, 2.05) is 0 Å². The second-order valence-electron chi connectivity index (χ2n) is 7.65. The molecule has 10 heteroatoms. The van der Waals surface area contributed by atoms with Crippen molar-refractivity contribution in [1.29, 1.82) is 0 Å². The number of aliphatic hydroxyl groups is 1. The molecule has 35 heavy (non-hydrogen) atoms. The van der Waals surface area contributed by atoms with Gasteiger partial charge in [0.1, 0.15) is 23.1 Å². The molecule has 3 aromatic carbocycles. The number of halogens is 4. The number of anilines is 1. The van der Waals surface area contributed by atoms with Crippen molar-refractivity contribution in [1.82, 2.24) is 0 Å². The number of nitrogens with zero attached hydrogens (tertiary/aromatic N) is 1. The van der Waals surface area contributed by atoms with Gasteiger partial charge in [-0.2, -0.15) is 13.2 Å². The Labute approximate surface area is 196 Å². The summed E-state index contributed by atoms with van der Waals surface area (Å²) in [7, 11) is 1.26. The maximum Gasteiger partial charge on any atom is 0.416 e. The predicted octanol–water partition coefficient (Wildman–Crippen LogP) is 5.19. The van der Waals surface area contributed by atoms with E-state index >= 15 is 0 Å². The zero-order chi connectivity index (χ0) is 25.5. The Morgan fingerprint density at radius 3 is 2.29 bits per heavy atom. The number of ether oxygens (including phenoxy) is 1. The van der Waals surface area contributed by atoms with Crippen LogP contribution in [0.3, 0.4) is 0 Å². The molecule has 1 heterocycles.